The molecule has 0 fully saturated rings. The zero-order valence-corrected chi connectivity index (χ0v) is 29.7. The lowest BCUT2D eigenvalue weighted by Gasteiger charge is -2.08. The number of hydrogen-bond donors (Lipinski definition) is 3. The Labute approximate surface area is 316 Å². The van der Waals surface area contributed by atoms with Crippen LogP contribution in [0.1, 0.15) is 66.9 Å². The van der Waals surface area contributed by atoms with Gasteiger partial charge in [-0.05, 0) is 59.7 Å². The summed E-state index contributed by atoms with van der Waals surface area (Å²) in [7, 11) is 0. The number of benzene rings is 4. The summed E-state index contributed by atoms with van der Waals surface area (Å²) in [6.07, 6.45) is -1.88. The number of aromatic carboxylic acids is 1. The molecule has 4 aromatic carbocycles. The number of rotatable bonds is 7. The monoisotopic (exact) mass is 792 g/mol. The van der Waals surface area contributed by atoms with Crippen molar-refractivity contribution in [1.82, 2.24) is 9.97 Å². The highest BCUT2D eigenvalue weighted by molar-refractivity contribution is 7.13. The van der Waals surface area contributed by atoms with Crippen LogP contribution >= 0.6 is 22.7 Å². The number of carboxylic acid groups (broad SMARTS) is 1. The smallest absolute Gasteiger partial charge is 0.337 e. The summed E-state index contributed by atoms with van der Waals surface area (Å²) in [6.45, 7) is 0. The topological polar surface area (TPSA) is 143 Å². The minimum absolute atomic E-state index is 0.0215. The van der Waals surface area contributed by atoms with E-state index < -0.39 is 41.6 Å². The van der Waals surface area contributed by atoms with Crippen LogP contribution < -0.4 is 11.1 Å². The van der Waals surface area contributed by atoms with Gasteiger partial charge in [0, 0.05) is 58.2 Å². The number of aromatic nitrogens is 2. The molecule has 17 heteroatoms. The fourth-order valence-corrected chi connectivity index (χ4v) is 6.65. The average molecular weight is 793 g/mol. The molecule has 6 aromatic rings. The molecule has 0 saturated carbocycles. The molecule has 0 bridgehead atoms. The summed E-state index contributed by atoms with van der Waals surface area (Å²) < 4.78 is 79.4. The first kappa shape index (κ1) is 38.5. The Bertz CT molecular complexity index is 2420. The minimum Gasteiger partial charge on any atom is -0.478 e. The van der Waals surface area contributed by atoms with E-state index in [1.54, 1.807) is 48.1 Å². The number of thiazole rings is 2. The van der Waals surface area contributed by atoms with Crippen LogP contribution in [0.5, 0.6) is 0 Å². The molecule has 55 heavy (non-hydrogen) atoms. The lowest BCUT2D eigenvalue weighted by Crippen LogP contribution is -2.11. The molecule has 0 aliphatic carbocycles. The molecule has 2 aliphatic heterocycles. The lowest BCUT2D eigenvalue weighted by atomic mass is 9.98. The molecule has 8 rings (SSSR count). The molecule has 0 spiro atoms. The predicted octanol–water partition coefficient (Wildman–Crippen LogP) is 10.0. The largest absolute Gasteiger partial charge is 0.478 e. The second-order valence-corrected chi connectivity index (χ2v) is 13.4. The van der Waals surface area contributed by atoms with Gasteiger partial charge in [0.05, 0.1) is 33.9 Å². The zero-order valence-electron chi connectivity index (χ0n) is 28.0. The number of nitrogens with one attached hydrogen (secondary N) is 1. The second kappa shape index (κ2) is 16.9. The molecule has 0 atom stereocenters. The van der Waals surface area contributed by atoms with Crippen LogP contribution in [-0.2, 0) is 12.8 Å². The number of aliphatic imine (C=N–C) groups is 2. The zero-order chi connectivity index (χ0) is 39.2. The number of fused-ring (bicyclic) bond motifs is 2. The maximum absolute atomic E-state index is 13.4. The number of alkyl halides is 4. The summed E-state index contributed by atoms with van der Waals surface area (Å²) in [4.78, 5) is 40.1. The number of nitrogens with two attached hydrogens (primary N) is 1. The predicted molar refractivity (Wildman–Crippen MR) is 199 cm³/mol. The van der Waals surface area contributed by atoms with Crippen molar-refractivity contribution in [3.63, 3.8) is 0 Å². The van der Waals surface area contributed by atoms with E-state index in [4.69, 9.17) is 10.8 Å². The number of hydrogen-bond acceptors (Lipinski definition) is 9. The molecule has 280 valence electrons. The number of carbonyl (C=O) groups excluding carboxylic acids is 1. The van der Waals surface area contributed by atoms with Crippen LogP contribution in [0.3, 0.4) is 0 Å². The van der Waals surface area contributed by atoms with Crippen LogP contribution in [0.2, 0.25) is 0 Å². The van der Waals surface area contributed by atoms with E-state index in [9.17, 15) is 35.9 Å². The number of nitrogen functional groups attached to an aromatic ring is 1. The highest BCUT2D eigenvalue weighted by Crippen LogP contribution is 2.37. The Morgan fingerprint density at radius 2 is 1.22 bits per heavy atom. The quantitative estimate of drug-likeness (QED) is 0.137. The standard InChI is InChI=1S/C19H12F3N3OS.C16H10F3NO2.C3H4N2S/c20-11-4-5-12(14(9-11)17(21)22)15-8-10-2-1-3-13(16(10)24-15)18(26)25-19-23-6-7-27-19;17-9-4-5-10(12(7-9)15(18)19)13-6-8-2-1-3-11(16(21)22)14(8)20-13;4-3-5-1-2-6-3/h1-7,9,17H,8H2,(H,23,25,26);1-5,7,15H,6H2,(H,21,22);1-2H,(H2,4,5). The normalized spacial score (nSPS) is 12.5. The van der Waals surface area contributed by atoms with E-state index in [0.29, 0.717) is 44.9 Å². The molecule has 0 saturated heterocycles. The molecular weight excluding hydrogens is 767 g/mol. The summed E-state index contributed by atoms with van der Waals surface area (Å²) in [5, 5.41) is 16.5. The second-order valence-electron chi connectivity index (χ2n) is 11.6. The van der Waals surface area contributed by atoms with E-state index in [-0.39, 0.29) is 34.7 Å². The van der Waals surface area contributed by atoms with Gasteiger partial charge in [-0.2, -0.15) is 0 Å². The Kier molecular flexibility index (Phi) is 11.8. The van der Waals surface area contributed by atoms with E-state index >= 15 is 0 Å². The molecule has 9 nitrogen and oxygen atoms in total. The van der Waals surface area contributed by atoms with Gasteiger partial charge in [-0.25, -0.2) is 41.1 Å². The maximum atomic E-state index is 13.4. The van der Waals surface area contributed by atoms with Gasteiger partial charge in [0.15, 0.2) is 10.3 Å². The Hall–Kier alpha value is -6.20. The van der Waals surface area contributed by atoms with Gasteiger partial charge in [-0.15, -0.1) is 22.7 Å². The first-order chi connectivity index (χ1) is 26.4. The third-order valence-corrected chi connectivity index (χ3v) is 9.44. The summed E-state index contributed by atoms with van der Waals surface area (Å²) in [5.41, 5.74) is 7.84. The van der Waals surface area contributed by atoms with Gasteiger partial charge in [0.25, 0.3) is 18.8 Å². The molecule has 0 radical (unpaired) electrons. The van der Waals surface area contributed by atoms with Crippen LogP contribution in [0, 0.1) is 11.6 Å². The van der Waals surface area contributed by atoms with Gasteiger partial charge >= 0.3 is 5.97 Å². The fraction of sp³-hybridized carbons (Fsp3) is 0.105. The molecular formula is C38H26F6N6O3S2. The Morgan fingerprint density at radius 3 is 1.65 bits per heavy atom. The van der Waals surface area contributed by atoms with Gasteiger partial charge in [-0.1, -0.05) is 24.3 Å². The average Bonchev–Trinajstić information content (AvgIpc) is 3.99. The number of halogens is 6. The van der Waals surface area contributed by atoms with Crippen molar-refractivity contribution in [2.75, 3.05) is 11.1 Å². The van der Waals surface area contributed by atoms with E-state index in [1.165, 1.54) is 40.9 Å². The number of carbonyl (C=O) groups is 2. The minimum atomic E-state index is -2.84. The van der Waals surface area contributed by atoms with Crippen molar-refractivity contribution in [3.05, 3.63) is 152 Å². The van der Waals surface area contributed by atoms with Crippen molar-refractivity contribution < 1.29 is 41.0 Å². The Balaban J connectivity index is 0.000000165. The highest BCUT2D eigenvalue weighted by Gasteiger charge is 2.27. The van der Waals surface area contributed by atoms with Crippen LogP contribution in [0.25, 0.3) is 0 Å². The van der Waals surface area contributed by atoms with Crippen LogP contribution in [-0.4, -0.2) is 38.4 Å². The first-order valence-electron chi connectivity index (χ1n) is 16.0. The number of para-hydroxylation sites is 2. The molecule has 2 aromatic heterocycles. The third kappa shape index (κ3) is 8.96. The van der Waals surface area contributed by atoms with Gasteiger partial charge in [-0.3, -0.25) is 20.1 Å². The van der Waals surface area contributed by atoms with Crippen molar-refractivity contribution in [2.24, 2.45) is 9.98 Å². The first-order valence-corrected chi connectivity index (χ1v) is 17.8. The van der Waals surface area contributed by atoms with Crippen molar-refractivity contribution in [2.45, 2.75) is 25.7 Å². The van der Waals surface area contributed by atoms with Gasteiger partial charge < -0.3 is 10.8 Å². The number of amides is 1. The summed E-state index contributed by atoms with van der Waals surface area (Å²) in [5.74, 6) is -2.98. The van der Waals surface area contributed by atoms with Crippen molar-refractivity contribution in [1.29, 1.82) is 0 Å². The number of nitrogens with zero attached hydrogens (tertiary/aromatic N) is 4. The Morgan fingerprint density at radius 1 is 0.709 bits per heavy atom. The molecule has 2 aliphatic rings. The van der Waals surface area contributed by atoms with E-state index in [0.717, 1.165) is 29.8 Å². The number of anilines is 2. The third-order valence-electron chi connectivity index (χ3n) is 8.15. The van der Waals surface area contributed by atoms with Gasteiger partial charge in [0.2, 0.25) is 0 Å². The lowest BCUT2D eigenvalue weighted by molar-refractivity contribution is 0.0697. The molecule has 4 heterocycles. The van der Waals surface area contributed by atoms with Crippen LogP contribution in [0.15, 0.2) is 106 Å². The van der Waals surface area contributed by atoms with Crippen molar-refractivity contribution in [3.8, 4) is 0 Å². The summed E-state index contributed by atoms with van der Waals surface area (Å²) in [6, 6.07) is 16.2. The molecule has 1 amide bonds. The van der Waals surface area contributed by atoms with E-state index in [1.807, 2.05) is 5.38 Å². The highest BCUT2D eigenvalue weighted by atomic mass is 32.1. The molecule has 0 unspecified atom stereocenters. The number of carboxylic acids is 1. The van der Waals surface area contributed by atoms with Gasteiger partial charge in [0.1, 0.15) is 11.6 Å². The summed E-state index contributed by atoms with van der Waals surface area (Å²) >= 11 is 2.73. The van der Waals surface area contributed by atoms with E-state index in [2.05, 4.69) is 25.3 Å². The maximum Gasteiger partial charge on any atom is 0.337 e. The fourth-order valence-electron chi connectivity index (χ4n) is 5.75. The SMILES string of the molecule is Nc1nccs1.O=C(Nc1nccs1)c1cccc2c1N=C(c1ccc(F)cc1C(F)F)C2.O=C(O)c1cccc2c1N=C(c1ccc(F)cc1C(F)F)C2. The molecule has 4 N–H and O–H groups in total. The van der Waals surface area contributed by atoms with Crippen LogP contribution in [0.4, 0.5) is 48.0 Å². The van der Waals surface area contributed by atoms with Crippen molar-refractivity contribution >= 4 is 67.6 Å².